The minimum Gasteiger partial charge on any atom is -0.475 e. The lowest BCUT2D eigenvalue weighted by Crippen LogP contribution is -2.44. The summed E-state index contributed by atoms with van der Waals surface area (Å²) in [6, 6.07) is 9.58. The molecule has 2 aliphatic rings. The van der Waals surface area contributed by atoms with Gasteiger partial charge in [0.2, 0.25) is 0 Å². The smallest absolute Gasteiger partial charge is 0.475 e. The van der Waals surface area contributed by atoms with Crippen molar-refractivity contribution in [3.8, 4) is 0 Å². The van der Waals surface area contributed by atoms with Crippen LogP contribution >= 0.6 is 0 Å². The third-order valence-electron chi connectivity index (χ3n) is 6.19. The van der Waals surface area contributed by atoms with Crippen LogP contribution in [-0.2, 0) is 4.79 Å². The maximum Gasteiger partial charge on any atom is 0.490 e. The molecule has 1 aromatic heterocycles. The van der Waals surface area contributed by atoms with Gasteiger partial charge in [0.1, 0.15) is 5.82 Å². The summed E-state index contributed by atoms with van der Waals surface area (Å²) in [5.41, 5.74) is 7.83. The monoisotopic (exact) mass is 466 g/mol. The number of hydrogen-bond donors (Lipinski definition) is 4. The number of piperidine rings is 1. The van der Waals surface area contributed by atoms with E-state index in [0.717, 1.165) is 48.8 Å². The summed E-state index contributed by atoms with van der Waals surface area (Å²) < 4.78 is 46.9. The molecule has 0 spiro atoms. The number of alkyl halides is 3. The number of carbonyl (C=O) groups is 2. The van der Waals surface area contributed by atoms with Crippen molar-refractivity contribution in [1.82, 2.24) is 10.3 Å². The molecule has 0 radical (unpaired) electrons. The third kappa shape index (κ3) is 4.32. The highest BCUT2D eigenvalue weighted by Gasteiger charge is 2.38. The van der Waals surface area contributed by atoms with E-state index in [9.17, 15) is 18.0 Å². The van der Waals surface area contributed by atoms with Gasteiger partial charge in [-0.15, -0.1) is 0 Å². The van der Waals surface area contributed by atoms with Gasteiger partial charge < -0.3 is 26.0 Å². The van der Waals surface area contributed by atoms with Gasteiger partial charge in [0.15, 0.2) is 0 Å². The molecule has 0 bridgehead atoms. The zero-order valence-electron chi connectivity index (χ0n) is 17.4. The Bertz CT molecular complexity index is 1220. The quantitative estimate of drug-likeness (QED) is 0.433. The molecule has 3 heterocycles. The highest BCUT2D eigenvalue weighted by atomic mass is 19.4. The summed E-state index contributed by atoms with van der Waals surface area (Å²) in [7, 11) is 0. The highest BCUT2D eigenvalue weighted by Crippen LogP contribution is 2.40. The lowest BCUT2D eigenvalue weighted by atomic mass is 9.92. The van der Waals surface area contributed by atoms with E-state index in [0.29, 0.717) is 23.2 Å². The number of carboxylic acid groups (broad SMARTS) is 1. The molecule has 5 rings (SSSR count). The van der Waals surface area contributed by atoms with Gasteiger partial charge in [-0.05, 0) is 37.4 Å². The van der Waals surface area contributed by atoms with Crippen LogP contribution in [0, 0.1) is 11.7 Å². The number of para-hydroxylation sites is 1. The number of amides is 1. The normalized spacial score (nSPS) is 20.4. The van der Waals surface area contributed by atoms with Gasteiger partial charge in [-0.3, -0.25) is 4.79 Å². The molecule has 11 heteroatoms. The molecule has 2 aromatic carbocycles. The van der Waals surface area contributed by atoms with Crippen LogP contribution in [0.5, 0.6) is 0 Å². The Morgan fingerprint density at radius 2 is 1.88 bits per heavy atom. The second-order valence-electron chi connectivity index (χ2n) is 8.19. The van der Waals surface area contributed by atoms with Gasteiger partial charge in [0.05, 0.1) is 16.8 Å². The second kappa shape index (κ2) is 8.54. The van der Waals surface area contributed by atoms with Crippen molar-refractivity contribution in [2.24, 2.45) is 11.7 Å². The Morgan fingerprint density at radius 1 is 1.18 bits per heavy atom. The number of nitrogens with one attached hydrogen (secondary N) is 2. The summed E-state index contributed by atoms with van der Waals surface area (Å²) in [5, 5.41) is 12.4. The largest absolute Gasteiger partial charge is 0.490 e. The van der Waals surface area contributed by atoms with Crippen molar-refractivity contribution in [3.05, 3.63) is 41.7 Å². The molecule has 2 fully saturated rings. The number of aliphatic carboxylic acids is 1. The number of halogens is 4. The number of primary amides is 1. The van der Waals surface area contributed by atoms with E-state index >= 15 is 4.39 Å². The van der Waals surface area contributed by atoms with E-state index in [1.807, 2.05) is 24.3 Å². The van der Waals surface area contributed by atoms with Gasteiger partial charge in [-0.1, -0.05) is 18.2 Å². The maximum absolute atomic E-state index is 15.2. The minimum absolute atomic E-state index is 0.204. The van der Waals surface area contributed by atoms with E-state index in [1.165, 1.54) is 6.07 Å². The van der Waals surface area contributed by atoms with Crippen LogP contribution < -0.4 is 16.0 Å². The number of aromatic amines is 1. The molecule has 33 heavy (non-hydrogen) atoms. The molecular weight excluding hydrogens is 444 g/mol. The SMILES string of the molecule is NC(=O)c1cc(F)c(N2CCC3NCCC3C2)c2c1[nH]c1ccccc12.O=C(O)C(F)(F)F. The van der Waals surface area contributed by atoms with Crippen LogP contribution in [0.15, 0.2) is 30.3 Å². The number of hydrogen-bond acceptors (Lipinski definition) is 4. The Morgan fingerprint density at radius 3 is 2.55 bits per heavy atom. The highest BCUT2D eigenvalue weighted by molar-refractivity contribution is 6.19. The van der Waals surface area contributed by atoms with Crippen molar-refractivity contribution >= 4 is 39.4 Å². The fraction of sp³-hybridized carbons (Fsp3) is 0.364. The predicted octanol–water partition coefficient (Wildman–Crippen LogP) is 3.38. The van der Waals surface area contributed by atoms with Gasteiger partial charge >= 0.3 is 12.1 Å². The third-order valence-corrected chi connectivity index (χ3v) is 6.19. The average molecular weight is 466 g/mol. The van der Waals surface area contributed by atoms with E-state index in [-0.39, 0.29) is 11.4 Å². The minimum atomic E-state index is -5.08. The summed E-state index contributed by atoms with van der Waals surface area (Å²) in [6.45, 7) is 2.67. The molecule has 3 aromatic rings. The van der Waals surface area contributed by atoms with E-state index < -0.39 is 18.1 Å². The van der Waals surface area contributed by atoms with Crippen molar-refractivity contribution in [2.75, 3.05) is 24.5 Å². The Labute approximate surface area is 185 Å². The standard InChI is InChI=1S/C20H21FN4O.C2HF3O2/c21-14-9-13(20(22)26)18-17(12-3-1-2-4-16(12)24-18)19(14)25-8-6-15-11(10-25)5-7-23-15;3-2(4,5)1(6)7/h1-4,9,11,15,23-24H,5-8,10H2,(H2,22,26);(H,6,7). The molecule has 0 aliphatic carbocycles. The molecule has 2 aliphatic heterocycles. The first-order chi connectivity index (χ1) is 15.6. The summed E-state index contributed by atoms with van der Waals surface area (Å²) >= 11 is 0. The second-order valence-corrected chi connectivity index (χ2v) is 8.19. The molecule has 7 nitrogen and oxygen atoms in total. The molecule has 1 amide bonds. The first kappa shape index (κ1) is 22.8. The van der Waals surface area contributed by atoms with Crippen LogP contribution in [0.1, 0.15) is 23.2 Å². The van der Waals surface area contributed by atoms with Crippen LogP contribution in [0.3, 0.4) is 0 Å². The van der Waals surface area contributed by atoms with Crippen molar-refractivity contribution in [1.29, 1.82) is 0 Å². The van der Waals surface area contributed by atoms with Crippen molar-refractivity contribution < 1.29 is 32.3 Å². The topological polar surface area (TPSA) is 111 Å². The van der Waals surface area contributed by atoms with Crippen LogP contribution in [0.25, 0.3) is 21.8 Å². The number of nitrogens with zero attached hydrogens (tertiary/aromatic N) is 1. The molecule has 176 valence electrons. The summed E-state index contributed by atoms with van der Waals surface area (Å²) in [6.07, 6.45) is -2.95. The molecule has 2 atom stereocenters. The summed E-state index contributed by atoms with van der Waals surface area (Å²) in [5.74, 6) is -3.21. The van der Waals surface area contributed by atoms with E-state index in [4.69, 9.17) is 15.6 Å². The maximum atomic E-state index is 15.2. The predicted molar refractivity (Wildman–Crippen MR) is 115 cm³/mol. The number of carbonyl (C=O) groups excluding carboxylic acids is 1. The lowest BCUT2D eigenvalue weighted by Gasteiger charge is -2.37. The number of rotatable bonds is 2. The van der Waals surface area contributed by atoms with Crippen LogP contribution in [0.4, 0.5) is 23.2 Å². The molecule has 5 N–H and O–H groups in total. The van der Waals surface area contributed by atoms with Gasteiger partial charge in [0, 0.05) is 35.4 Å². The van der Waals surface area contributed by atoms with E-state index in [1.54, 1.807) is 0 Å². The van der Waals surface area contributed by atoms with Crippen molar-refractivity contribution in [2.45, 2.75) is 25.1 Å². The van der Waals surface area contributed by atoms with Gasteiger partial charge in [0.25, 0.3) is 5.91 Å². The molecule has 2 saturated heterocycles. The number of aromatic nitrogens is 1. The van der Waals surface area contributed by atoms with E-state index in [2.05, 4.69) is 15.2 Å². The van der Waals surface area contributed by atoms with Gasteiger partial charge in [-0.2, -0.15) is 13.2 Å². The average Bonchev–Trinajstić information content (AvgIpc) is 3.37. The fourth-order valence-electron chi connectivity index (χ4n) is 4.73. The molecule has 0 saturated carbocycles. The molecular formula is C22H22F4N4O3. The van der Waals surface area contributed by atoms with Crippen molar-refractivity contribution in [3.63, 3.8) is 0 Å². The number of nitrogens with two attached hydrogens (primary N) is 1. The Balaban J connectivity index is 0.000000325. The zero-order valence-corrected chi connectivity index (χ0v) is 17.4. The number of fused-ring (bicyclic) bond motifs is 4. The first-order valence-corrected chi connectivity index (χ1v) is 10.4. The lowest BCUT2D eigenvalue weighted by molar-refractivity contribution is -0.192. The fourth-order valence-corrected chi connectivity index (χ4v) is 4.73. The summed E-state index contributed by atoms with van der Waals surface area (Å²) in [4.78, 5) is 26.2. The number of benzene rings is 2. The van der Waals surface area contributed by atoms with Crippen LogP contribution in [0.2, 0.25) is 0 Å². The zero-order chi connectivity index (χ0) is 23.9. The Kier molecular flexibility index (Phi) is 5.91. The Hall–Kier alpha value is -3.34. The van der Waals surface area contributed by atoms with Crippen LogP contribution in [-0.4, -0.2) is 53.8 Å². The van der Waals surface area contributed by atoms with Gasteiger partial charge in [-0.25, -0.2) is 9.18 Å². The number of H-pyrrole nitrogens is 1. The number of carboxylic acids is 1. The molecule has 2 unspecified atom stereocenters. The number of anilines is 1. The first-order valence-electron chi connectivity index (χ1n) is 10.4.